The number of anilines is 1. The minimum Gasteiger partial charge on any atom is -0.393 e. The van der Waals surface area contributed by atoms with Gasteiger partial charge in [-0.05, 0) is 37.8 Å². The van der Waals surface area contributed by atoms with Crippen LogP contribution in [0.5, 0.6) is 0 Å². The predicted octanol–water partition coefficient (Wildman–Crippen LogP) is 2.44. The first-order chi connectivity index (χ1) is 9.52. The molecule has 0 atom stereocenters. The third kappa shape index (κ3) is 2.89. The van der Waals surface area contributed by atoms with Crippen LogP contribution >= 0.6 is 0 Å². The van der Waals surface area contributed by atoms with Crippen molar-refractivity contribution in [1.82, 2.24) is 4.90 Å². The summed E-state index contributed by atoms with van der Waals surface area (Å²) in [5, 5.41) is 10.9. The molecular weight excluding hydrogens is 258 g/mol. The maximum Gasteiger partial charge on any atom is 0.292 e. The standard InChI is InChI=1S/C14H19N3O3/c1-2-16(9-10-4-3-5-10)14(18)11-6-7-12(15)13(8-11)17(19)20/h6-8,10H,2-5,9,15H2,1H3. The van der Waals surface area contributed by atoms with Gasteiger partial charge in [-0.2, -0.15) is 0 Å². The Balaban J connectivity index is 2.17. The Bertz CT molecular complexity index is 526. The van der Waals surface area contributed by atoms with E-state index in [4.69, 9.17) is 5.73 Å². The lowest BCUT2D eigenvalue weighted by Gasteiger charge is -2.31. The minimum absolute atomic E-state index is 0.0774. The summed E-state index contributed by atoms with van der Waals surface area (Å²) in [6.07, 6.45) is 3.54. The van der Waals surface area contributed by atoms with E-state index in [1.54, 1.807) is 11.0 Å². The summed E-state index contributed by atoms with van der Waals surface area (Å²) in [4.78, 5) is 24.5. The zero-order valence-electron chi connectivity index (χ0n) is 11.5. The van der Waals surface area contributed by atoms with Crippen molar-refractivity contribution in [2.24, 2.45) is 5.92 Å². The van der Waals surface area contributed by atoms with E-state index in [9.17, 15) is 14.9 Å². The van der Waals surface area contributed by atoms with E-state index in [-0.39, 0.29) is 17.3 Å². The Morgan fingerprint density at radius 1 is 1.50 bits per heavy atom. The van der Waals surface area contributed by atoms with E-state index in [0.29, 0.717) is 18.0 Å². The highest BCUT2D eigenvalue weighted by molar-refractivity contribution is 5.95. The fourth-order valence-corrected chi connectivity index (χ4v) is 2.36. The van der Waals surface area contributed by atoms with Crippen LogP contribution in [-0.2, 0) is 0 Å². The quantitative estimate of drug-likeness (QED) is 0.508. The molecule has 1 aliphatic rings. The Kier molecular flexibility index (Phi) is 4.22. The fraction of sp³-hybridized carbons (Fsp3) is 0.500. The van der Waals surface area contributed by atoms with Gasteiger partial charge in [0.2, 0.25) is 0 Å². The van der Waals surface area contributed by atoms with Crippen LogP contribution in [0.4, 0.5) is 11.4 Å². The van der Waals surface area contributed by atoms with Crippen LogP contribution in [0.1, 0.15) is 36.5 Å². The maximum absolute atomic E-state index is 12.4. The number of benzene rings is 1. The van der Waals surface area contributed by atoms with Gasteiger partial charge in [0.15, 0.2) is 0 Å². The van der Waals surface area contributed by atoms with Crippen molar-refractivity contribution in [3.05, 3.63) is 33.9 Å². The van der Waals surface area contributed by atoms with Crippen molar-refractivity contribution < 1.29 is 9.72 Å². The third-order valence-corrected chi connectivity index (χ3v) is 3.85. The lowest BCUT2D eigenvalue weighted by molar-refractivity contribution is -0.383. The molecule has 0 heterocycles. The van der Waals surface area contributed by atoms with Gasteiger partial charge >= 0.3 is 0 Å². The van der Waals surface area contributed by atoms with Crippen molar-refractivity contribution in [2.75, 3.05) is 18.8 Å². The van der Waals surface area contributed by atoms with Crippen molar-refractivity contribution >= 4 is 17.3 Å². The van der Waals surface area contributed by atoms with E-state index in [1.807, 2.05) is 6.92 Å². The van der Waals surface area contributed by atoms with Crippen LogP contribution in [-0.4, -0.2) is 28.8 Å². The largest absolute Gasteiger partial charge is 0.393 e. The van der Waals surface area contributed by atoms with E-state index in [2.05, 4.69) is 0 Å². The normalized spacial score (nSPS) is 14.7. The van der Waals surface area contributed by atoms with E-state index < -0.39 is 4.92 Å². The summed E-state index contributed by atoms with van der Waals surface area (Å²) in [5.41, 5.74) is 5.73. The number of nitrogens with two attached hydrogens (primary N) is 1. The fourth-order valence-electron chi connectivity index (χ4n) is 2.36. The van der Waals surface area contributed by atoms with Gasteiger partial charge in [0.25, 0.3) is 11.6 Å². The highest BCUT2D eigenvalue weighted by Crippen LogP contribution is 2.28. The molecular formula is C14H19N3O3. The second-order valence-electron chi connectivity index (χ2n) is 5.17. The summed E-state index contributed by atoms with van der Waals surface area (Å²) in [6.45, 7) is 3.25. The third-order valence-electron chi connectivity index (χ3n) is 3.85. The Hall–Kier alpha value is -2.11. The molecule has 6 nitrogen and oxygen atoms in total. The maximum atomic E-state index is 12.4. The smallest absolute Gasteiger partial charge is 0.292 e. The number of rotatable bonds is 5. The van der Waals surface area contributed by atoms with Crippen LogP contribution < -0.4 is 5.73 Å². The molecule has 0 saturated heterocycles. The zero-order valence-corrected chi connectivity index (χ0v) is 11.5. The summed E-state index contributed by atoms with van der Waals surface area (Å²) in [6, 6.07) is 4.23. The molecule has 2 N–H and O–H groups in total. The first-order valence-electron chi connectivity index (χ1n) is 6.86. The topological polar surface area (TPSA) is 89.5 Å². The van der Waals surface area contributed by atoms with Crippen molar-refractivity contribution in [3.8, 4) is 0 Å². The van der Waals surface area contributed by atoms with Gasteiger partial charge in [-0.25, -0.2) is 0 Å². The number of carbonyl (C=O) groups excluding carboxylic acids is 1. The van der Waals surface area contributed by atoms with Gasteiger partial charge in [0.1, 0.15) is 5.69 Å². The zero-order chi connectivity index (χ0) is 14.7. The number of nitro benzene ring substituents is 1. The first-order valence-corrected chi connectivity index (χ1v) is 6.86. The Morgan fingerprint density at radius 2 is 2.20 bits per heavy atom. The molecule has 20 heavy (non-hydrogen) atoms. The van der Waals surface area contributed by atoms with Gasteiger partial charge in [-0.1, -0.05) is 6.42 Å². The van der Waals surface area contributed by atoms with Gasteiger partial charge in [0.05, 0.1) is 4.92 Å². The monoisotopic (exact) mass is 277 g/mol. The molecule has 2 rings (SSSR count). The van der Waals surface area contributed by atoms with Gasteiger partial charge < -0.3 is 10.6 Å². The second-order valence-corrected chi connectivity index (χ2v) is 5.17. The highest BCUT2D eigenvalue weighted by atomic mass is 16.6. The van der Waals surface area contributed by atoms with Crippen molar-refractivity contribution in [3.63, 3.8) is 0 Å². The molecule has 1 aromatic rings. The number of carbonyl (C=O) groups is 1. The molecule has 1 amide bonds. The van der Waals surface area contributed by atoms with Crippen molar-refractivity contribution in [2.45, 2.75) is 26.2 Å². The molecule has 6 heteroatoms. The number of nitro groups is 1. The molecule has 0 aromatic heterocycles. The molecule has 1 aromatic carbocycles. The molecule has 0 bridgehead atoms. The highest BCUT2D eigenvalue weighted by Gasteiger charge is 2.24. The van der Waals surface area contributed by atoms with Crippen LogP contribution in [0.3, 0.4) is 0 Å². The van der Waals surface area contributed by atoms with E-state index in [0.717, 1.165) is 19.4 Å². The van der Waals surface area contributed by atoms with Gasteiger partial charge in [-0.15, -0.1) is 0 Å². The lowest BCUT2D eigenvalue weighted by atomic mass is 9.85. The number of nitrogens with zero attached hydrogens (tertiary/aromatic N) is 2. The Morgan fingerprint density at radius 3 is 2.70 bits per heavy atom. The van der Waals surface area contributed by atoms with Crippen molar-refractivity contribution in [1.29, 1.82) is 0 Å². The molecule has 1 saturated carbocycles. The first kappa shape index (κ1) is 14.3. The van der Waals surface area contributed by atoms with Gasteiger partial charge in [0, 0.05) is 24.7 Å². The number of hydrogen-bond donors (Lipinski definition) is 1. The second kappa shape index (κ2) is 5.90. The minimum atomic E-state index is -0.561. The summed E-state index contributed by atoms with van der Waals surface area (Å²) in [5.74, 6) is 0.408. The number of nitrogen functional groups attached to an aromatic ring is 1. The molecule has 108 valence electrons. The average molecular weight is 277 g/mol. The molecule has 1 fully saturated rings. The number of amides is 1. The molecule has 0 aliphatic heterocycles. The number of hydrogen-bond acceptors (Lipinski definition) is 4. The van der Waals surface area contributed by atoms with Crippen LogP contribution in [0.15, 0.2) is 18.2 Å². The Labute approximate surface area is 117 Å². The van der Waals surface area contributed by atoms with Crippen LogP contribution in [0.25, 0.3) is 0 Å². The lowest BCUT2D eigenvalue weighted by Crippen LogP contribution is -2.37. The van der Waals surface area contributed by atoms with Crippen LogP contribution in [0.2, 0.25) is 0 Å². The molecule has 1 aliphatic carbocycles. The summed E-state index contributed by atoms with van der Waals surface area (Å²) < 4.78 is 0. The molecule has 0 spiro atoms. The average Bonchev–Trinajstić information content (AvgIpc) is 2.37. The summed E-state index contributed by atoms with van der Waals surface area (Å²) >= 11 is 0. The predicted molar refractivity (Wildman–Crippen MR) is 76.4 cm³/mol. The summed E-state index contributed by atoms with van der Waals surface area (Å²) in [7, 11) is 0. The van der Waals surface area contributed by atoms with E-state index in [1.165, 1.54) is 18.6 Å². The van der Waals surface area contributed by atoms with Crippen LogP contribution in [0, 0.1) is 16.0 Å². The molecule has 0 unspecified atom stereocenters. The SMILES string of the molecule is CCN(CC1CCC1)C(=O)c1ccc(N)c([N+](=O)[O-])c1. The molecule has 0 radical (unpaired) electrons. The van der Waals surface area contributed by atoms with Gasteiger partial charge in [-0.3, -0.25) is 14.9 Å². The van der Waals surface area contributed by atoms with E-state index >= 15 is 0 Å².